The third-order valence-corrected chi connectivity index (χ3v) is 4.30. The van der Waals surface area contributed by atoms with Crippen LogP contribution in [-0.4, -0.2) is 46.5 Å². The molecule has 3 nitrogen and oxygen atoms in total. The molecule has 100 valence electrons. The van der Waals surface area contributed by atoms with Gasteiger partial charge < -0.3 is 10.2 Å². The Hall–Kier alpha value is -0.120. The lowest BCUT2D eigenvalue weighted by Gasteiger charge is -2.37. The molecule has 0 aromatic carbocycles. The van der Waals surface area contributed by atoms with Gasteiger partial charge in [-0.3, -0.25) is 4.90 Å². The summed E-state index contributed by atoms with van der Waals surface area (Å²) in [5.74, 6) is 0.746. The van der Waals surface area contributed by atoms with Crippen molar-refractivity contribution in [3.05, 3.63) is 0 Å². The summed E-state index contributed by atoms with van der Waals surface area (Å²) in [7, 11) is 0. The van der Waals surface area contributed by atoms with Gasteiger partial charge in [0.1, 0.15) is 0 Å². The number of likely N-dealkylation sites (tertiary alicyclic amines) is 1. The maximum absolute atomic E-state index is 10.1. The van der Waals surface area contributed by atoms with Crippen LogP contribution in [-0.2, 0) is 0 Å². The number of hydrogen-bond acceptors (Lipinski definition) is 3. The van der Waals surface area contributed by atoms with Crippen molar-refractivity contribution in [1.82, 2.24) is 4.90 Å². The summed E-state index contributed by atoms with van der Waals surface area (Å²) in [5.41, 5.74) is -0.550. The molecule has 2 aliphatic rings. The lowest BCUT2D eigenvalue weighted by Crippen LogP contribution is -2.48. The highest BCUT2D eigenvalue weighted by Gasteiger charge is 2.29. The van der Waals surface area contributed by atoms with Gasteiger partial charge in [0.15, 0.2) is 0 Å². The first-order valence-electron chi connectivity index (χ1n) is 7.18. The van der Waals surface area contributed by atoms with Gasteiger partial charge in [-0.1, -0.05) is 25.7 Å². The number of aliphatic hydroxyl groups excluding tert-OH is 1. The van der Waals surface area contributed by atoms with Crippen molar-refractivity contribution in [3.63, 3.8) is 0 Å². The molecule has 2 rings (SSSR count). The molecule has 0 bridgehead atoms. The Kier molecular flexibility index (Phi) is 4.45. The average molecular weight is 241 g/mol. The van der Waals surface area contributed by atoms with Gasteiger partial charge in [0.05, 0.1) is 11.7 Å². The monoisotopic (exact) mass is 241 g/mol. The van der Waals surface area contributed by atoms with Gasteiger partial charge in [-0.15, -0.1) is 0 Å². The Labute approximate surface area is 105 Å². The standard InChI is InChI=1S/C14H27NO2/c1-14(17)7-4-8-15(11-14)10-13(16)9-12-5-2-3-6-12/h12-13,16-17H,2-11H2,1H3. The van der Waals surface area contributed by atoms with Crippen LogP contribution >= 0.6 is 0 Å². The minimum absolute atomic E-state index is 0.202. The summed E-state index contributed by atoms with van der Waals surface area (Å²) in [6.45, 7) is 4.39. The first-order chi connectivity index (χ1) is 8.05. The van der Waals surface area contributed by atoms with E-state index in [-0.39, 0.29) is 6.10 Å². The molecule has 0 radical (unpaired) electrons. The number of nitrogens with zero attached hydrogens (tertiary/aromatic N) is 1. The van der Waals surface area contributed by atoms with Crippen LogP contribution in [0.25, 0.3) is 0 Å². The zero-order chi connectivity index (χ0) is 12.3. The van der Waals surface area contributed by atoms with Gasteiger partial charge >= 0.3 is 0 Å². The summed E-state index contributed by atoms with van der Waals surface area (Å²) >= 11 is 0. The third kappa shape index (κ3) is 4.23. The lowest BCUT2D eigenvalue weighted by atomic mass is 9.94. The molecule has 1 saturated carbocycles. The molecule has 2 unspecified atom stereocenters. The molecule has 1 aliphatic carbocycles. The van der Waals surface area contributed by atoms with Crippen molar-refractivity contribution in [1.29, 1.82) is 0 Å². The van der Waals surface area contributed by atoms with Gasteiger partial charge in [0, 0.05) is 13.1 Å². The van der Waals surface area contributed by atoms with E-state index in [1.165, 1.54) is 25.7 Å². The Morgan fingerprint density at radius 3 is 2.65 bits per heavy atom. The van der Waals surface area contributed by atoms with E-state index in [0.29, 0.717) is 6.54 Å². The van der Waals surface area contributed by atoms with Gasteiger partial charge in [0.2, 0.25) is 0 Å². The summed E-state index contributed by atoms with van der Waals surface area (Å²) in [6, 6.07) is 0. The topological polar surface area (TPSA) is 43.7 Å². The molecule has 1 heterocycles. The summed E-state index contributed by atoms with van der Waals surface area (Å²) < 4.78 is 0. The summed E-state index contributed by atoms with van der Waals surface area (Å²) in [4.78, 5) is 2.23. The number of piperidine rings is 1. The lowest BCUT2D eigenvalue weighted by molar-refractivity contribution is -0.0299. The smallest absolute Gasteiger partial charge is 0.0746 e. The quantitative estimate of drug-likeness (QED) is 0.788. The minimum atomic E-state index is -0.550. The van der Waals surface area contributed by atoms with Gasteiger partial charge in [-0.05, 0) is 38.6 Å². The van der Waals surface area contributed by atoms with Crippen LogP contribution in [0.15, 0.2) is 0 Å². The van der Waals surface area contributed by atoms with E-state index in [1.54, 1.807) is 0 Å². The van der Waals surface area contributed by atoms with E-state index in [2.05, 4.69) is 4.90 Å². The molecule has 2 fully saturated rings. The predicted octanol–water partition coefficient (Wildman–Crippen LogP) is 1.77. The zero-order valence-corrected chi connectivity index (χ0v) is 11.1. The van der Waals surface area contributed by atoms with E-state index in [1.807, 2.05) is 6.92 Å². The number of hydrogen-bond donors (Lipinski definition) is 2. The predicted molar refractivity (Wildman–Crippen MR) is 68.9 cm³/mol. The van der Waals surface area contributed by atoms with Crippen molar-refractivity contribution >= 4 is 0 Å². The molecule has 2 N–H and O–H groups in total. The summed E-state index contributed by atoms with van der Waals surface area (Å²) in [6.07, 6.45) is 7.98. The highest BCUT2D eigenvalue weighted by molar-refractivity contribution is 4.84. The Bertz CT molecular complexity index is 236. The first-order valence-corrected chi connectivity index (χ1v) is 7.18. The van der Waals surface area contributed by atoms with E-state index in [9.17, 15) is 10.2 Å². The molecule has 1 saturated heterocycles. The van der Waals surface area contributed by atoms with Crippen molar-refractivity contribution in [2.75, 3.05) is 19.6 Å². The fraction of sp³-hybridized carbons (Fsp3) is 1.00. The Balaban J connectivity index is 1.72. The van der Waals surface area contributed by atoms with Gasteiger partial charge in [0.25, 0.3) is 0 Å². The van der Waals surface area contributed by atoms with Crippen LogP contribution in [0.2, 0.25) is 0 Å². The van der Waals surface area contributed by atoms with Crippen LogP contribution in [0, 0.1) is 5.92 Å². The SMILES string of the molecule is CC1(O)CCCN(CC(O)CC2CCCC2)C1. The fourth-order valence-corrected chi connectivity index (χ4v) is 3.48. The van der Waals surface area contributed by atoms with Crippen LogP contribution in [0.4, 0.5) is 0 Å². The van der Waals surface area contributed by atoms with E-state index < -0.39 is 5.60 Å². The van der Waals surface area contributed by atoms with Crippen molar-refractivity contribution in [2.45, 2.75) is 63.6 Å². The number of β-amino-alcohol motifs (C(OH)–C–C–N with tert-alkyl or cyclic N) is 2. The van der Waals surface area contributed by atoms with E-state index in [0.717, 1.165) is 38.3 Å². The van der Waals surface area contributed by atoms with E-state index >= 15 is 0 Å². The average Bonchev–Trinajstić information content (AvgIpc) is 2.68. The minimum Gasteiger partial charge on any atom is -0.392 e. The highest BCUT2D eigenvalue weighted by atomic mass is 16.3. The normalized spacial score (nSPS) is 34.1. The molecule has 3 heteroatoms. The van der Waals surface area contributed by atoms with Crippen LogP contribution in [0.5, 0.6) is 0 Å². The third-order valence-electron chi connectivity index (χ3n) is 4.30. The van der Waals surface area contributed by atoms with Crippen molar-refractivity contribution in [2.24, 2.45) is 5.92 Å². The highest BCUT2D eigenvalue weighted by Crippen LogP contribution is 2.29. The first kappa shape index (κ1) is 13.3. The fourth-order valence-electron chi connectivity index (χ4n) is 3.48. The second-order valence-corrected chi connectivity index (χ2v) is 6.38. The molecule has 17 heavy (non-hydrogen) atoms. The second kappa shape index (κ2) is 5.68. The number of aliphatic hydroxyl groups is 2. The zero-order valence-electron chi connectivity index (χ0n) is 11.1. The van der Waals surface area contributed by atoms with Crippen LogP contribution in [0.1, 0.15) is 51.9 Å². The Morgan fingerprint density at radius 2 is 2.00 bits per heavy atom. The Morgan fingerprint density at radius 1 is 1.29 bits per heavy atom. The largest absolute Gasteiger partial charge is 0.392 e. The molecule has 0 amide bonds. The second-order valence-electron chi connectivity index (χ2n) is 6.38. The molecular weight excluding hydrogens is 214 g/mol. The summed E-state index contributed by atoms with van der Waals surface area (Å²) in [5, 5.41) is 20.1. The van der Waals surface area contributed by atoms with Crippen LogP contribution < -0.4 is 0 Å². The van der Waals surface area contributed by atoms with E-state index in [4.69, 9.17) is 0 Å². The van der Waals surface area contributed by atoms with Gasteiger partial charge in [-0.25, -0.2) is 0 Å². The molecule has 0 spiro atoms. The van der Waals surface area contributed by atoms with Crippen molar-refractivity contribution < 1.29 is 10.2 Å². The molecule has 0 aromatic heterocycles. The maximum Gasteiger partial charge on any atom is 0.0746 e. The van der Waals surface area contributed by atoms with Gasteiger partial charge in [-0.2, -0.15) is 0 Å². The molecular formula is C14H27NO2. The molecule has 1 aliphatic heterocycles. The van der Waals surface area contributed by atoms with Crippen LogP contribution in [0.3, 0.4) is 0 Å². The maximum atomic E-state index is 10.1. The van der Waals surface area contributed by atoms with Crippen molar-refractivity contribution in [3.8, 4) is 0 Å². The number of rotatable bonds is 4. The molecule has 0 aromatic rings. The molecule has 2 atom stereocenters.